The van der Waals surface area contributed by atoms with E-state index < -0.39 is 0 Å². The largest absolute Gasteiger partial charge is 0.383 e. The fourth-order valence-electron chi connectivity index (χ4n) is 2.67. The van der Waals surface area contributed by atoms with E-state index in [-0.39, 0.29) is 16.7 Å². The Morgan fingerprint density at radius 2 is 2.00 bits per heavy atom. The van der Waals surface area contributed by atoms with Gasteiger partial charge in [-0.1, -0.05) is 40.2 Å². The van der Waals surface area contributed by atoms with Crippen LogP contribution in [0.1, 0.15) is 11.1 Å². The minimum atomic E-state index is 0.102. The van der Waals surface area contributed by atoms with E-state index in [9.17, 15) is 4.79 Å². The second-order valence-electron chi connectivity index (χ2n) is 5.15. The Morgan fingerprint density at radius 1 is 1.42 bits per heavy atom. The highest BCUT2D eigenvalue weighted by Gasteiger charge is 2.29. The highest BCUT2D eigenvalue weighted by Crippen LogP contribution is 2.27. The number of hydrogen-bond donors (Lipinski definition) is 0. The van der Waals surface area contributed by atoms with Crippen LogP contribution in [0.3, 0.4) is 0 Å². The molecule has 1 aromatic carbocycles. The molecule has 1 aliphatic carbocycles. The molecule has 0 radical (unpaired) electrons. The first-order valence-corrected chi connectivity index (χ1v) is 7.48. The smallest absolute Gasteiger partial charge is 0.226 e. The molecule has 1 amide bonds. The predicted octanol–water partition coefficient (Wildman–Crippen LogP) is 2.27. The van der Waals surface area contributed by atoms with Crippen LogP contribution in [0.5, 0.6) is 0 Å². The number of carbonyl (C=O) groups is 1. The minimum Gasteiger partial charge on any atom is -0.383 e. The van der Waals surface area contributed by atoms with Crippen molar-refractivity contribution in [2.24, 2.45) is 5.92 Å². The number of amides is 1. The van der Waals surface area contributed by atoms with Gasteiger partial charge in [-0.3, -0.25) is 4.79 Å². The standard InChI is InChI=1S/C15H20BrNO2/c1-17(9-14(16)10-19-2)15(18)13-7-11-5-3-4-6-12(11)8-13/h3-6,13-14H,7-10H2,1-2H3. The first-order chi connectivity index (χ1) is 9.11. The van der Waals surface area contributed by atoms with Gasteiger partial charge in [-0.25, -0.2) is 0 Å². The molecule has 19 heavy (non-hydrogen) atoms. The molecule has 2 rings (SSSR count). The third kappa shape index (κ3) is 3.57. The van der Waals surface area contributed by atoms with E-state index in [1.807, 2.05) is 24.1 Å². The summed E-state index contributed by atoms with van der Waals surface area (Å²) in [5.41, 5.74) is 2.64. The van der Waals surface area contributed by atoms with Crippen molar-refractivity contribution in [1.82, 2.24) is 4.90 Å². The lowest BCUT2D eigenvalue weighted by Crippen LogP contribution is -2.38. The second kappa shape index (κ2) is 6.53. The Balaban J connectivity index is 1.91. The summed E-state index contributed by atoms with van der Waals surface area (Å²) in [6, 6.07) is 8.34. The molecule has 0 aliphatic heterocycles. The number of hydrogen-bond acceptors (Lipinski definition) is 2. The molecular weight excluding hydrogens is 306 g/mol. The van der Waals surface area contributed by atoms with Crippen molar-refractivity contribution >= 4 is 21.8 Å². The zero-order valence-corrected chi connectivity index (χ0v) is 13.0. The average molecular weight is 326 g/mol. The molecule has 0 heterocycles. The lowest BCUT2D eigenvalue weighted by Gasteiger charge is -2.23. The van der Waals surface area contributed by atoms with E-state index >= 15 is 0 Å². The zero-order chi connectivity index (χ0) is 13.8. The highest BCUT2D eigenvalue weighted by atomic mass is 79.9. The summed E-state index contributed by atoms with van der Waals surface area (Å²) < 4.78 is 5.08. The number of benzene rings is 1. The maximum atomic E-state index is 12.4. The van der Waals surface area contributed by atoms with Crippen LogP contribution < -0.4 is 0 Å². The van der Waals surface area contributed by atoms with Gasteiger partial charge in [-0.05, 0) is 24.0 Å². The van der Waals surface area contributed by atoms with Crippen molar-refractivity contribution in [2.45, 2.75) is 17.7 Å². The molecule has 1 aromatic rings. The van der Waals surface area contributed by atoms with Gasteiger partial charge in [0.1, 0.15) is 0 Å². The summed E-state index contributed by atoms with van der Waals surface area (Å²) in [5.74, 6) is 0.335. The third-order valence-electron chi connectivity index (χ3n) is 3.60. The number of carbonyl (C=O) groups excluding carboxylic acids is 1. The van der Waals surface area contributed by atoms with Crippen LogP contribution in [-0.2, 0) is 22.4 Å². The van der Waals surface area contributed by atoms with Crippen molar-refractivity contribution in [3.8, 4) is 0 Å². The summed E-state index contributed by atoms with van der Waals surface area (Å²) in [6.45, 7) is 1.29. The van der Waals surface area contributed by atoms with Gasteiger partial charge in [-0.2, -0.15) is 0 Å². The molecule has 0 saturated carbocycles. The van der Waals surface area contributed by atoms with Crippen LogP contribution in [0, 0.1) is 5.92 Å². The topological polar surface area (TPSA) is 29.5 Å². The van der Waals surface area contributed by atoms with E-state index in [0.29, 0.717) is 13.2 Å². The first kappa shape index (κ1) is 14.5. The van der Waals surface area contributed by atoms with E-state index in [2.05, 4.69) is 28.1 Å². The molecule has 4 heteroatoms. The fraction of sp³-hybridized carbons (Fsp3) is 0.533. The Bertz CT molecular complexity index is 425. The summed E-state index contributed by atoms with van der Waals surface area (Å²) in [7, 11) is 3.54. The number of alkyl halides is 1. The van der Waals surface area contributed by atoms with Gasteiger partial charge in [0, 0.05) is 26.6 Å². The Hall–Kier alpha value is -0.870. The number of methoxy groups -OCH3 is 1. The van der Waals surface area contributed by atoms with Crippen molar-refractivity contribution in [3.05, 3.63) is 35.4 Å². The van der Waals surface area contributed by atoms with Crippen LogP contribution in [0.2, 0.25) is 0 Å². The number of rotatable bonds is 5. The number of fused-ring (bicyclic) bond motifs is 1. The minimum absolute atomic E-state index is 0.102. The molecule has 1 atom stereocenters. The maximum Gasteiger partial charge on any atom is 0.226 e. The van der Waals surface area contributed by atoms with E-state index in [0.717, 1.165) is 12.8 Å². The van der Waals surface area contributed by atoms with Crippen molar-refractivity contribution < 1.29 is 9.53 Å². The quantitative estimate of drug-likeness (QED) is 0.777. The molecule has 3 nitrogen and oxygen atoms in total. The van der Waals surface area contributed by atoms with Gasteiger partial charge in [0.2, 0.25) is 5.91 Å². The van der Waals surface area contributed by atoms with Crippen LogP contribution in [0.25, 0.3) is 0 Å². The summed E-state index contributed by atoms with van der Waals surface area (Å²) in [5, 5.41) is 0. The Morgan fingerprint density at radius 3 is 2.53 bits per heavy atom. The van der Waals surface area contributed by atoms with Crippen LogP contribution in [0.4, 0.5) is 0 Å². The van der Waals surface area contributed by atoms with Gasteiger partial charge >= 0.3 is 0 Å². The molecular formula is C15H20BrNO2. The van der Waals surface area contributed by atoms with Gasteiger partial charge in [0.05, 0.1) is 11.4 Å². The molecule has 0 aromatic heterocycles. The second-order valence-corrected chi connectivity index (χ2v) is 6.44. The highest BCUT2D eigenvalue weighted by molar-refractivity contribution is 9.09. The zero-order valence-electron chi connectivity index (χ0n) is 11.4. The monoisotopic (exact) mass is 325 g/mol. The molecule has 0 N–H and O–H groups in total. The summed E-state index contributed by atoms with van der Waals surface area (Å²) >= 11 is 3.52. The Labute approximate surface area is 123 Å². The van der Waals surface area contributed by atoms with Gasteiger partial charge in [0.25, 0.3) is 0 Å². The average Bonchev–Trinajstić information content (AvgIpc) is 2.81. The van der Waals surface area contributed by atoms with E-state index in [4.69, 9.17) is 4.74 Å². The fourth-order valence-corrected chi connectivity index (χ4v) is 3.36. The van der Waals surface area contributed by atoms with Crippen LogP contribution in [-0.4, -0.2) is 42.9 Å². The Kier molecular flexibility index (Phi) is 4.99. The predicted molar refractivity (Wildman–Crippen MR) is 79.6 cm³/mol. The van der Waals surface area contributed by atoms with Crippen LogP contribution in [0.15, 0.2) is 24.3 Å². The molecule has 0 spiro atoms. The lowest BCUT2D eigenvalue weighted by atomic mass is 10.0. The number of halogens is 1. The van der Waals surface area contributed by atoms with Gasteiger partial charge in [-0.15, -0.1) is 0 Å². The SMILES string of the molecule is COCC(Br)CN(C)C(=O)C1Cc2ccccc2C1. The van der Waals surface area contributed by atoms with Gasteiger partial charge < -0.3 is 9.64 Å². The van der Waals surface area contributed by atoms with Gasteiger partial charge in [0.15, 0.2) is 0 Å². The number of ether oxygens (including phenoxy) is 1. The summed E-state index contributed by atoms with van der Waals surface area (Å²) in [6.07, 6.45) is 1.74. The summed E-state index contributed by atoms with van der Waals surface area (Å²) in [4.78, 5) is 14.4. The molecule has 1 aliphatic rings. The van der Waals surface area contributed by atoms with Crippen molar-refractivity contribution in [2.75, 3.05) is 27.3 Å². The molecule has 1 unspecified atom stereocenters. The van der Waals surface area contributed by atoms with Crippen molar-refractivity contribution in [1.29, 1.82) is 0 Å². The molecule has 0 bridgehead atoms. The number of nitrogens with zero attached hydrogens (tertiary/aromatic N) is 1. The van der Waals surface area contributed by atoms with Crippen molar-refractivity contribution in [3.63, 3.8) is 0 Å². The molecule has 104 valence electrons. The van der Waals surface area contributed by atoms with E-state index in [1.165, 1.54) is 11.1 Å². The van der Waals surface area contributed by atoms with E-state index in [1.54, 1.807) is 7.11 Å². The third-order valence-corrected chi connectivity index (χ3v) is 4.15. The van der Waals surface area contributed by atoms with Crippen LogP contribution >= 0.6 is 15.9 Å². The lowest BCUT2D eigenvalue weighted by molar-refractivity contribution is -0.133. The molecule has 0 saturated heterocycles. The molecule has 0 fully saturated rings. The first-order valence-electron chi connectivity index (χ1n) is 6.56. The normalized spacial score (nSPS) is 16.2. The maximum absolute atomic E-state index is 12.4.